The van der Waals surface area contributed by atoms with Crippen molar-refractivity contribution in [2.75, 3.05) is 0 Å². The predicted molar refractivity (Wildman–Crippen MR) is 80.0 cm³/mol. The average molecular weight is 271 g/mol. The number of aryl methyl sites for hydroxylation is 1. The van der Waals surface area contributed by atoms with E-state index >= 15 is 0 Å². The Hall–Kier alpha value is -2.43. The van der Waals surface area contributed by atoms with Crippen LogP contribution < -0.4 is 11.2 Å². The highest BCUT2D eigenvalue weighted by Gasteiger charge is 2.15. The van der Waals surface area contributed by atoms with Gasteiger partial charge < -0.3 is 0 Å². The second kappa shape index (κ2) is 5.28. The van der Waals surface area contributed by atoms with E-state index in [0.717, 1.165) is 15.7 Å². The molecule has 0 aromatic carbocycles. The summed E-state index contributed by atoms with van der Waals surface area (Å²) in [6.45, 7) is 7.45. The fraction of sp³-hybridized carbons (Fsp3) is 0.267. The van der Waals surface area contributed by atoms with Crippen LogP contribution in [0, 0.1) is 0 Å². The van der Waals surface area contributed by atoms with E-state index in [-0.39, 0.29) is 11.2 Å². The van der Waals surface area contributed by atoms with Crippen LogP contribution in [0.2, 0.25) is 0 Å². The first kappa shape index (κ1) is 14.0. The molecule has 0 unspecified atom stereocenters. The Labute approximate surface area is 116 Å². The molecule has 20 heavy (non-hydrogen) atoms. The van der Waals surface area contributed by atoms with Crippen molar-refractivity contribution >= 4 is 11.0 Å². The Balaban J connectivity index is 3.03. The predicted octanol–water partition coefficient (Wildman–Crippen LogP) is 1.09. The summed E-state index contributed by atoms with van der Waals surface area (Å²) < 4.78 is 2.50. The summed E-state index contributed by atoms with van der Waals surface area (Å²) in [6.07, 6.45) is 6.38. The topological polar surface area (TPSA) is 56.9 Å². The van der Waals surface area contributed by atoms with Crippen LogP contribution in [0.5, 0.6) is 0 Å². The normalized spacial score (nSPS) is 10.7. The van der Waals surface area contributed by atoms with Gasteiger partial charge in [0.2, 0.25) is 0 Å². The summed E-state index contributed by atoms with van der Waals surface area (Å²) >= 11 is 0. The van der Waals surface area contributed by atoms with Crippen LogP contribution in [0.15, 0.2) is 41.1 Å². The fourth-order valence-corrected chi connectivity index (χ4v) is 2.34. The van der Waals surface area contributed by atoms with Gasteiger partial charge in [0, 0.05) is 20.3 Å². The Morgan fingerprint density at radius 2 is 1.80 bits per heavy atom. The first-order chi connectivity index (χ1) is 9.52. The molecule has 0 aliphatic rings. The number of hydrogen-bond donors (Lipinski definition) is 0. The highest BCUT2D eigenvalue weighted by molar-refractivity contribution is 5.79. The van der Waals surface area contributed by atoms with Crippen molar-refractivity contribution in [1.29, 1.82) is 0 Å². The molecule has 5 heteroatoms. The van der Waals surface area contributed by atoms with Gasteiger partial charge in [-0.1, -0.05) is 12.2 Å². The van der Waals surface area contributed by atoms with Gasteiger partial charge in [-0.05, 0) is 24.0 Å². The minimum absolute atomic E-state index is 0.321. The number of rotatable bonds is 4. The Morgan fingerprint density at radius 3 is 2.40 bits per heavy atom. The van der Waals surface area contributed by atoms with Crippen LogP contribution >= 0.6 is 0 Å². The van der Waals surface area contributed by atoms with E-state index in [1.54, 1.807) is 25.4 Å². The van der Waals surface area contributed by atoms with Crippen molar-refractivity contribution in [3.8, 4) is 0 Å². The lowest BCUT2D eigenvalue weighted by atomic mass is 10.0. The minimum Gasteiger partial charge on any atom is -0.280 e. The van der Waals surface area contributed by atoms with Gasteiger partial charge in [-0.2, -0.15) is 0 Å². The van der Waals surface area contributed by atoms with E-state index in [9.17, 15) is 9.59 Å². The number of pyridine rings is 1. The van der Waals surface area contributed by atoms with Gasteiger partial charge in [-0.3, -0.25) is 13.9 Å². The van der Waals surface area contributed by atoms with Gasteiger partial charge in [-0.15, -0.1) is 13.2 Å². The second-order valence-corrected chi connectivity index (χ2v) is 4.65. The van der Waals surface area contributed by atoms with Gasteiger partial charge >= 0.3 is 5.69 Å². The summed E-state index contributed by atoms with van der Waals surface area (Å²) in [5.74, 6) is 0. The molecule has 0 saturated heterocycles. The first-order valence-electron chi connectivity index (χ1n) is 6.31. The van der Waals surface area contributed by atoms with Crippen LogP contribution in [0.4, 0.5) is 0 Å². The van der Waals surface area contributed by atoms with Crippen LogP contribution in [0.1, 0.15) is 11.1 Å². The van der Waals surface area contributed by atoms with Gasteiger partial charge in [0.1, 0.15) is 5.65 Å². The third-order valence-corrected chi connectivity index (χ3v) is 3.38. The molecule has 0 N–H and O–H groups in total. The van der Waals surface area contributed by atoms with Gasteiger partial charge in [0.15, 0.2) is 0 Å². The van der Waals surface area contributed by atoms with Crippen molar-refractivity contribution < 1.29 is 0 Å². The number of fused-ring (bicyclic) bond motifs is 1. The van der Waals surface area contributed by atoms with Gasteiger partial charge in [0.25, 0.3) is 5.56 Å². The Kier molecular flexibility index (Phi) is 3.70. The zero-order valence-corrected chi connectivity index (χ0v) is 11.7. The monoisotopic (exact) mass is 271 g/mol. The molecule has 0 radical (unpaired) electrons. The lowest BCUT2D eigenvalue weighted by Crippen LogP contribution is -2.37. The summed E-state index contributed by atoms with van der Waals surface area (Å²) in [4.78, 5) is 28.6. The number of nitrogens with zero attached hydrogens (tertiary/aromatic N) is 3. The molecule has 0 aliphatic heterocycles. The average Bonchev–Trinajstić information content (AvgIpc) is 2.44. The number of allylic oxidation sites excluding steroid dienone is 2. The molecule has 2 rings (SSSR count). The van der Waals surface area contributed by atoms with Crippen molar-refractivity contribution in [2.24, 2.45) is 14.1 Å². The maximum atomic E-state index is 12.4. The van der Waals surface area contributed by atoms with Crippen LogP contribution in [-0.4, -0.2) is 14.1 Å². The maximum Gasteiger partial charge on any atom is 0.332 e. The molecule has 0 aliphatic carbocycles. The van der Waals surface area contributed by atoms with E-state index < -0.39 is 0 Å². The fourth-order valence-electron chi connectivity index (χ4n) is 2.34. The van der Waals surface area contributed by atoms with Crippen molar-refractivity contribution in [1.82, 2.24) is 14.1 Å². The second-order valence-electron chi connectivity index (χ2n) is 4.65. The molecule has 2 heterocycles. The van der Waals surface area contributed by atoms with Crippen LogP contribution in [0.25, 0.3) is 11.0 Å². The quantitative estimate of drug-likeness (QED) is 0.782. The van der Waals surface area contributed by atoms with Crippen molar-refractivity contribution in [2.45, 2.75) is 12.8 Å². The summed E-state index contributed by atoms with van der Waals surface area (Å²) in [7, 11) is 3.09. The molecular formula is C15H17N3O2. The zero-order chi connectivity index (χ0) is 14.9. The van der Waals surface area contributed by atoms with E-state index in [1.165, 1.54) is 11.6 Å². The highest BCUT2D eigenvalue weighted by atomic mass is 16.2. The minimum atomic E-state index is -0.379. The third kappa shape index (κ3) is 2.01. The molecule has 0 amide bonds. The van der Waals surface area contributed by atoms with Crippen molar-refractivity contribution in [3.05, 3.63) is 63.5 Å². The van der Waals surface area contributed by atoms with Gasteiger partial charge in [-0.25, -0.2) is 9.78 Å². The number of aromatic nitrogens is 3. The summed E-state index contributed by atoms with van der Waals surface area (Å²) in [5, 5.41) is 0.480. The number of hydrogen-bond acceptors (Lipinski definition) is 3. The molecule has 0 bridgehead atoms. The SMILES string of the molecule is C=CCc1cnc2c(c1CC=C)c(=O)n(C)c(=O)n2C. The smallest absolute Gasteiger partial charge is 0.280 e. The van der Waals surface area contributed by atoms with Crippen LogP contribution in [-0.2, 0) is 26.9 Å². The summed E-state index contributed by atoms with van der Waals surface area (Å²) in [5.41, 5.74) is 1.50. The molecule has 2 aromatic rings. The molecule has 2 aromatic heterocycles. The highest BCUT2D eigenvalue weighted by Crippen LogP contribution is 2.18. The molecule has 0 spiro atoms. The lowest BCUT2D eigenvalue weighted by molar-refractivity contribution is 0.706. The summed E-state index contributed by atoms with van der Waals surface area (Å²) in [6, 6.07) is 0. The van der Waals surface area contributed by atoms with E-state index in [1.807, 2.05) is 0 Å². The van der Waals surface area contributed by atoms with Gasteiger partial charge in [0.05, 0.1) is 5.39 Å². The van der Waals surface area contributed by atoms with E-state index in [2.05, 4.69) is 18.1 Å². The third-order valence-electron chi connectivity index (χ3n) is 3.38. The molecule has 104 valence electrons. The van der Waals surface area contributed by atoms with E-state index in [0.29, 0.717) is 23.9 Å². The Morgan fingerprint density at radius 1 is 1.15 bits per heavy atom. The molecule has 5 nitrogen and oxygen atoms in total. The Bertz CT molecular complexity index is 812. The van der Waals surface area contributed by atoms with Crippen LogP contribution in [0.3, 0.4) is 0 Å². The van der Waals surface area contributed by atoms with E-state index in [4.69, 9.17) is 0 Å². The standard InChI is InChI=1S/C15H17N3O2/c1-5-7-10-9-16-13-12(11(10)8-6-2)14(19)18(4)15(20)17(13)3/h5-6,9H,1-2,7-8H2,3-4H3. The largest absolute Gasteiger partial charge is 0.332 e. The zero-order valence-electron chi connectivity index (χ0n) is 11.7. The molecular weight excluding hydrogens is 254 g/mol. The van der Waals surface area contributed by atoms with Crippen molar-refractivity contribution in [3.63, 3.8) is 0 Å². The maximum absolute atomic E-state index is 12.4. The lowest BCUT2D eigenvalue weighted by Gasteiger charge is -2.12. The first-order valence-corrected chi connectivity index (χ1v) is 6.31. The molecule has 0 atom stereocenters. The molecule has 0 saturated carbocycles. The molecule has 0 fully saturated rings.